The van der Waals surface area contributed by atoms with Crippen LogP contribution in [0.1, 0.15) is 45.4 Å². The van der Waals surface area contributed by atoms with E-state index in [9.17, 15) is 9.59 Å². The van der Waals surface area contributed by atoms with Crippen LogP contribution in [0.3, 0.4) is 0 Å². The molecule has 1 aromatic rings. The van der Waals surface area contributed by atoms with Crippen LogP contribution in [0.2, 0.25) is 0 Å². The van der Waals surface area contributed by atoms with Gasteiger partial charge in [-0.05, 0) is 50.1 Å². The number of benzene rings is 1. The highest BCUT2D eigenvalue weighted by Gasteiger charge is 2.26. The molecule has 0 spiro atoms. The average Bonchev–Trinajstić information content (AvgIpc) is 2.80. The summed E-state index contributed by atoms with van der Waals surface area (Å²) >= 11 is 0. The number of piperidine rings is 1. The van der Waals surface area contributed by atoms with Gasteiger partial charge in [0.25, 0.3) is 0 Å². The summed E-state index contributed by atoms with van der Waals surface area (Å²) in [5, 5.41) is 6.07. The second kappa shape index (κ2) is 12.7. The van der Waals surface area contributed by atoms with E-state index in [1.165, 1.54) is 19.3 Å². The number of rotatable bonds is 10. The van der Waals surface area contributed by atoms with Gasteiger partial charge in [0.1, 0.15) is 0 Å². The number of hydrogen-bond acceptors (Lipinski definition) is 5. The van der Waals surface area contributed by atoms with Crippen molar-refractivity contribution in [3.05, 3.63) is 24.3 Å². The molecular formula is C24H38N4O3. The molecule has 3 rings (SSSR count). The predicted molar refractivity (Wildman–Crippen MR) is 124 cm³/mol. The lowest BCUT2D eigenvalue weighted by Gasteiger charge is -2.31. The summed E-state index contributed by atoms with van der Waals surface area (Å²) in [6, 6.07) is 7.99. The first-order valence-electron chi connectivity index (χ1n) is 11.9. The van der Waals surface area contributed by atoms with E-state index in [4.69, 9.17) is 4.74 Å². The summed E-state index contributed by atoms with van der Waals surface area (Å²) in [4.78, 5) is 29.4. The number of morpholine rings is 1. The van der Waals surface area contributed by atoms with Crippen molar-refractivity contribution in [2.45, 2.75) is 45.4 Å². The predicted octanol–water partition coefficient (Wildman–Crippen LogP) is 2.87. The molecule has 31 heavy (non-hydrogen) atoms. The normalized spacial score (nSPS) is 19.8. The molecule has 2 heterocycles. The molecule has 7 nitrogen and oxygen atoms in total. The Hall–Kier alpha value is -2.12. The SMILES string of the molecule is CCCCCCNC(=O)C1CCCN(CC(=O)Nc2ccc(N3CCOCC3)cc2)C1. The van der Waals surface area contributed by atoms with E-state index in [0.717, 1.165) is 70.0 Å². The standard InChI is InChI=1S/C24H38N4O3/c1-2-3-4-5-12-25-24(30)20-7-6-13-27(18-20)19-23(29)26-21-8-10-22(11-9-21)28-14-16-31-17-15-28/h8-11,20H,2-7,12-19H2,1H3,(H,25,30)(H,26,29). The minimum Gasteiger partial charge on any atom is -0.378 e. The average molecular weight is 431 g/mol. The van der Waals surface area contributed by atoms with Gasteiger partial charge in [0, 0.05) is 37.6 Å². The number of anilines is 2. The molecule has 0 aliphatic carbocycles. The Morgan fingerprint density at radius 2 is 1.84 bits per heavy atom. The number of ether oxygens (including phenoxy) is 1. The maximum atomic E-state index is 12.5. The largest absolute Gasteiger partial charge is 0.378 e. The summed E-state index contributed by atoms with van der Waals surface area (Å²) in [6.45, 7) is 8.10. The summed E-state index contributed by atoms with van der Waals surface area (Å²) in [6.07, 6.45) is 6.49. The first kappa shape index (κ1) is 23.5. The first-order chi connectivity index (χ1) is 15.2. The van der Waals surface area contributed by atoms with Crippen LogP contribution in [-0.4, -0.2) is 69.2 Å². The van der Waals surface area contributed by atoms with E-state index in [1.807, 2.05) is 24.3 Å². The number of amides is 2. The van der Waals surface area contributed by atoms with Crippen molar-refractivity contribution in [2.24, 2.45) is 5.92 Å². The van der Waals surface area contributed by atoms with E-state index in [2.05, 4.69) is 27.4 Å². The number of carbonyl (C=O) groups is 2. The van der Waals surface area contributed by atoms with Crippen LogP contribution in [0.4, 0.5) is 11.4 Å². The van der Waals surface area contributed by atoms with E-state index in [1.54, 1.807) is 0 Å². The van der Waals surface area contributed by atoms with Gasteiger partial charge in [0.05, 0.1) is 25.7 Å². The molecule has 0 aromatic heterocycles. The lowest BCUT2D eigenvalue weighted by atomic mass is 9.97. The third-order valence-electron chi connectivity index (χ3n) is 6.10. The van der Waals surface area contributed by atoms with Gasteiger partial charge in [-0.1, -0.05) is 26.2 Å². The molecule has 2 N–H and O–H groups in total. The Morgan fingerprint density at radius 3 is 2.58 bits per heavy atom. The van der Waals surface area contributed by atoms with Crippen LogP contribution < -0.4 is 15.5 Å². The fourth-order valence-corrected chi connectivity index (χ4v) is 4.30. The summed E-state index contributed by atoms with van der Waals surface area (Å²) < 4.78 is 5.40. The van der Waals surface area contributed by atoms with E-state index in [-0.39, 0.29) is 17.7 Å². The molecule has 2 amide bonds. The van der Waals surface area contributed by atoms with Crippen molar-refractivity contribution in [1.82, 2.24) is 10.2 Å². The Kier molecular flexibility index (Phi) is 9.62. The minimum atomic E-state index is -0.0280. The topological polar surface area (TPSA) is 73.9 Å². The third-order valence-corrected chi connectivity index (χ3v) is 6.10. The van der Waals surface area contributed by atoms with Gasteiger partial charge in [0.2, 0.25) is 11.8 Å². The van der Waals surface area contributed by atoms with Crippen molar-refractivity contribution < 1.29 is 14.3 Å². The van der Waals surface area contributed by atoms with Crippen LogP contribution in [0, 0.1) is 5.92 Å². The van der Waals surface area contributed by atoms with Crippen LogP contribution in [-0.2, 0) is 14.3 Å². The fraction of sp³-hybridized carbons (Fsp3) is 0.667. The quantitative estimate of drug-likeness (QED) is 0.559. The first-order valence-corrected chi connectivity index (χ1v) is 11.9. The number of likely N-dealkylation sites (tertiary alicyclic amines) is 1. The Morgan fingerprint density at radius 1 is 1.06 bits per heavy atom. The van der Waals surface area contributed by atoms with Gasteiger partial charge in [-0.15, -0.1) is 0 Å². The lowest BCUT2D eigenvalue weighted by molar-refractivity contribution is -0.127. The molecule has 2 fully saturated rings. The van der Waals surface area contributed by atoms with Gasteiger partial charge in [-0.25, -0.2) is 0 Å². The monoisotopic (exact) mass is 430 g/mol. The molecule has 1 atom stereocenters. The minimum absolute atomic E-state index is 0.0134. The molecule has 2 aliphatic heterocycles. The molecule has 2 aliphatic rings. The molecule has 1 aromatic carbocycles. The van der Waals surface area contributed by atoms with E-state index >= 15 is 0 Å². The number of carbonyl (C=O) groups excluding carboxylic acids is 2. The molecule has 7 heteroatoms. The van der Waals surface area contributed by atoms with Crippen LogP contribution in [0.15, 0.2) is 24.3 Å². The van der Waals surface area contributed by atoms with Crippen LogP contribution >= 0.6 is 0 Å². The number of hydrogen-bond donors (Lipinski definition) is 2. The smallest absolute Gasteiger partial charge is 0.238 e. The number of unbranched alkanes of at least 4 members (excludes halogenated alkanes) is 3. The Bertz CT molecular complexity index is 689. The highest BCUT2D eigenvalue weighted by molar-refractivity contribution is 5.92. The zero-order chi connectivity index (χ0) is 21.9. The van der Waals surface area contributed by atoms with E-state index in [0.29, 0.717) is 13.1 Å². The van der Waals surface area contributed by atoms with E-state index < -0.39 is 0 Å². The maximum Gasteiger partial charge on any atom is 0.238 e. The molecule has 1 unspecified atom stereocenters. The van der Waals surface area contributed by atoms with Crippen molar-refractivity contribution in [3.8, 4) is 0 Å². The van der Waals surface area contributed by atoms with Crippen molar-refractivity contribution in [2.75, 3.05) is 62.7 Å². The molecule has 0 radical (unpaired) electrons. The molecule has 0 saturated carbocycles. The van der Waals surface area contributed by atoms with Crippen LogP contribution in [0.25, 0.3) is 0 Å². The molecule has 172 valence electrons. The molecule has 0 bridgehead atoms. The second-order valence-electron chi connectivity index (χ2n) is 8.62. The van der Waals surface area contributed by atoms with Crippen molar-refractivity contribution >= 4 is 23.2 Å². The molecular weight excluding hydrogens is 392 g/mol. The fourth-order valence-electron chi connectivity index (χ4n) is 4.30. The zero-order valence-electron chi connectivity index (χ0n) is 18.9. The highest BCUT2D eigenvalue weighted by atomic mass is 16.5. The highest BCUT2D eigenvalue weighted by Crippen LogP contribution is 2.20. The number of nitrogens with one attached hydrogen (secondary N) is 2. The van der Waals surface area contributed by atoms with Gasteiger partial charge >= 0.3 is 0 Å². The van der Waals surface area contributed by atoms with Crippen molar-refractivity contribution in [1.29, 1.82) is 0 Å². The second-order valence-corrected chi connectivity index (χ2v) is 8.62. The third kappa shape index (κ3) is 7.82. The zero-order valence-corrected chi connectivity index (χ0v) is 18.9. The molecule has 2 saturated heterocycles. The van der Waals surface area contributed by atoms with Gasteiger partial charge in [0.15, 0.2) is 0 Å². The van der Waals surface area contributed by atoms with Crippen molar-refractivity contribution in [3.63, 3.8) is 0 Å². The Balaban J connectivity index is 1.39. The summed E-state index contributed by atoms with van der Waals surface area (Å²) in [5.41, 5.74) is 1.96. The maximum absolute atomic E-state index is 12.5. The lowest BCUT2D eigenvalue weighted by Crippen LogP contribution is -2.45. The Labute approximate surface area is 186 Å². The van der Waals surface area contributed by atoms with Gasteiger partial charge in [-0.2, -0.15) is 0 Å². The summed E-state index contributed by atoms with van der Waals surface area (Å²) in [7, 11) is 0. The van der Waals surface area contributed by atoms with Gasteiger partial charge < -0.3 is 20.3 Å². The number of nitrogens with zero attached hydrogens (tertiary/aromatic N) is 2. The summed E-state index contributed by atoms with van der Waals surface area (Å²) in [5.74, 6) is 0.0978. The van der Waals surface area contributed by atoms with Gasteiger partial charge in [-0.3, -0.25) is 14.5 Å². The van der Waals surface area contributed by atoms with Crippen LogP contribution in [0.5, 0.6) is 0 Å².